The lowest BCUT2D eigenvalue weighted by atomic mass is 9.95. The Balaban J connectivity index is 5.59. The lowest BCUT2D eigenvalue weighted by Crippen LogP contribution is -2.54. The van der Waals surface area contributed by atoms with Crippen molar-refractivity contribution in [3.05, 3.63) is 11.6 Å². The first kappa shape index (κ1) is 24.9. The van der Waals surface area contributed by atoms with E-state index in [2.05, 4.69) is 5.32 Å². The summed E-state index contributed by atoms with van der Waals surface area (Å²) in [6.07, 6.45) is 1.62. The summed E-state index contributed by atoms with van der Waals surface area (Å²) in [4.78, 5) is 38.0. The Bertz CT molecular complexity index is 563. The van der Waals surface area contributed by atoms with Crippen LogP contribution in [0.2, 0.25) is 0 Å². The molecule has 2 N–H and O–H groups in total. The molecule has 0 unspecified atom stereocenters. The Labute approximate surface area is 163 Å². The Morgan fingerprint density at radius 1 is 1.19 bits per heavy atom. The van der Waals surface area contributed by atoms with Gasteiger partial charge in [0.1, 0.15) is 11.6 Å². The van der Waals surface area contributed by atoms with E-state index in [1.165, 1.54) is 11.8 Å². The van der Waals surface area contributed by atoms with Crippen LogP contribution in [0.3, 0.4) is 0 Å². The molecule has 0 aliphatic carbocycles. The van der Waals surface area contributed by atoms with Crippen LogP contribution in [0.4, 0.5) is 4.79 Å². The molecule has 0 bridgehead atoms. The van der Waals surface area contributed by atoms with Crippen LogP contribution >= 0.6 is 0 Å². The van der Waals surface area contributed by atoms with Gasteiger partial charge in [-0.15, -0.1) is 0 Å². The van der Waals surface area contributed by atoms with Gasteiger partial charge in [0.25, 0.3) is 0 Å². The Kier molecular flexibility index (Phi) is 9.54. The van der Waals surface area contributed by atoms with E-state index in [-0.39, 0.29) is 23.3 Å². The number of carboxylic acids is 1. The van der Waals surface area contributed by atoms with Gasteiger partial charge in [-0.1, -0.05) is 40.2 Å². The molecule has 0 aromatic heterocycles. The zero-order valence-electron chi connectivity index (χ0n) is 18.1. The summed E-state index contributed by atoms with van der Waals surface area (Å²) in [6, 6.07) is -1.16. The molecule has 3 atom stereocenters. The third-order valence-electron chi connectivity index (χ3n) is 4.39. The van der Waals surface area contributed by atoms with Gasteiger partial charge in [-0.2, -0.15) is 0 Å². The molecule has 0 spiro atoms. The number of carbonyl (C=O) groups excluding carboxylic acids is 2. The van der Waals surface area contributed by atoms with Crippen LogP contribution in [0, 0.1) is 11.8 Å². The number of aliphatic carboxylic acids is 1. The highest BCUT2D eigenvalue weighted by Crippen LogP contribution is 2.18. The third kappa shape index (κ3) is 8.45. The number of likely N-dealkylation sites (N-methyl/N-ethyl adjacent to an activating group) is 1. The number of ether oxygens (including phenoxy) is 1. The number of nitrogens with zero attached hydrogens (tertiary/aromatic N) is 1. The van der Waals surface area contributed by atoms with E-state index < -0.39 is 29.7 Å². The lowest BCUT2D eigenvalue weighted by molar-refractivity contribution is -0.136. The molecule has 0 aromatic rings. The summed E-state index contributed by atoms with van der Waals surface area (Å²) in [5.74, 6) is -1.40. The number of carbonyl (C=O) groups is 3. The molecule has 7 nitrogen and oxygen atoms in total. The Hall–Kier alpha value is -2.05. The smallest absolute Gasteiger partial charge is 0.408 e. The Morgan fingerprint density at radius 2 is 1.70 bits per heavy atom. The van der Waals surface area contributed by atoms with E-state index in [4.69, 9.17) is 9.84 Å². The third-order valence-corrected chi connectivity index (χ3v) is 4.39. The highest BCUT2D eigenvalue weighted by atomic mass is 16.6. The highest BCUT2D eigenvalue weighted by Gasteiger charge is 2.33. The molecule has 0 saturated heterocycles. The molecular weight excluding hydrogens is 348 g/mol. The molecule has 0 heterocycles. The monoisotopic (exact) mass is 384 g/mol. The first-order valence-electron chi connectivity index (χ1n) is 9.39. The molecule has 27 heavy (non-hydrogen) atoms. The van der Waals surface area contributed by atoms with Crippen molar-refractivity contribution in [2.75, 3.05) is 7.05 Å². The first-order chi connectivity index (χ1) is 12.2. The number of carboxylic acid groups (broad SMARTS) is 1. The van der Waals surface area contributed by atoms with Gasteiger partial charge in [0.2, 0.25) is 5.91 Å². The lowest BCUT2D eigenvalue weighted by Gasteiger charge is -2.34. The molecule has 0 saturated carbocycles. The highest BCUT2D eigenvalue weighted by molar-refractivity contribution is 5.88. The van der Waals surface area contributed by atoms with Crippen molar-refractivity contribution in [1.29, 1.82) is 0 Å². The average Bonchev–Trinajstić information content (AvgIpc) is 2.53. The maximum absolute atomic E-state index is 13.1. The summed E-state index contributed by atoms with van der Waals surface area (Å²) < 4.78 is 5.29. The van der Waals surface area contributed by atoms with Gasteiger partial charge in [-0.3, -0.25) is 4.79 Å². The molecule has 7 heteroatoms. The van der Waals surface area contributed by atoms with Crippen LogP contribution in [0.5, 0.6) is 0 Å². The zero-order chi connectivity index (χ0) is 21.5. The van der Waals surface area contributed by atoms with Gasteiger partial charge in [-0.25, -0.2) is 9.59 Å². The van der Waals surface area contributed by atoms with Crippen LogP contribution in [0.15, 0.2) is 11.6 Å². The van der Waals surface area contributed by atoms with Crippen molar-refractivity contribution in [2.45, 2.75) is 79.5 Å². The minimum Gasteiger partial charge on any atom is -0.478 e. The fraction of sp³-hybridized carbons (Fsp3) is 0.750. The van der Waals surface area contributed by atoms with Crippen LogP contribution in [0.1, 0.15) is 61.8 Å². The quantitative estimate of drug-likeness (QED) is 0.625. The van der Waals surface area contributed by atoms with E-state index in [1.54, 1.807) is 33.9 Å². The van der Waals surface area contributed by atoms with Crippen LogP contribution in [-0.4, -0.2) is 52.7 Å². The van der Waals surface area contributed by atoms with Crippen LogP contribution in [0.25, 0.3) is 0 Å². The van der Waals surface area contributed by atoms with Gasteiger partial charge in [0, 0.05) is 12.6 Å². The largest absolute Gasteiger partial charge is 0.478 e. The van der Waals surface area contributed by atoms with Crippen molar-refractivity contribution in [3.8, 4) is 0 Å². The van der Waals surface area contributed by atoms with Crippen LogP contribution in [-0.2, 0) is 14.3 Å². The van der Waals surface area contributed by atoms with E-state index >= 15 is 0 Å². The molecule has 0 fully saturated rings. The fourth-order valence-corrected chi connectivity index (χ4v) is 2.56. The van der Waals surface area contributed by atoms with E-state index in [9.17, 15) is 14.4 Å². The standard InChI is InChI=1S/C20H36N2O5/c1-10-13(4)16(21-19(26)27-20(6,7)8)17(23)22(9)15(12(2)3)11-14(5)18(24)25/h11-13,15-16H,10H2,1-9H3,(H,21,26)(H,24,25)/t13-,15-,16+/m1/s1. The summed E-state index contributed by atoms with van der Waals surface area (Å²) >= 11 is 0. The minimum atomic E-state index is -1.02. The van der Waals surface area contributed by atoms with Crippen LogP contribution < -0.4 is 5.32 Å². The van der Waals surface area contributed by atoms with Gasteiger partial charge in [-0.05, 0) is 39.5 Å². The van der Waals surface area contributed by atoms with E-state index in [1.807, 2.05) is 27.7 Å². The van der Waals surface area contributed by atoms with Gasteiger partial charge < -0.3 is 20.1 Å². The molecule has 0 radical (unpaired) electrons. The summed E-state index contributed by atoms with van der Waals surface area (Å²) in [5, 5.41) is 11.8. The minimum absolute atomic E-state index is 0.00681. The van der Waals surface area contributed by atoms with E-state index in [0.29, 0.717) is 6.42 Å². The fourth-order valence-electron chi connectivity index (χ4n) is 2.56. The molecule has 2 amide bonds. The normalized spacial score (nSPS) is 15.7. The molecule has 0 aliphatic rings. The molecular formula is C20H36N2O5. The molecule has 0 rings (SSSR count). The molecule has 0 aromatic carbocycles. The number of hydrogen-bond donors (Lipinski definition) is 2. The maximum Gasteiger partial charge on any atom is 0.408 e. The van der Waals surface area contributed by atoms with Gasteiger partial charge >= 0.3 is 12.1 Å². The molecule has 0 aliphatic heterocycles. The molecule has 156 valence electrons. The SMILES string of the molecule is CC[C@@H](C)[C@H](NC(=O)OC(C)(C)C)C(=O)N(C)[C@H](C=C(C)C(=O)O)C(C)C. The number of rotatable bonds is 8. The summed E-state index contributed by atoms with van der Waals surface area (Å²) in [7, 11) is 1.63. The predicted octanol–water partition coefficient (Wildman–Crippen LogP) is 3.44. The number of amides is 2. The first-order valence-corrected chi connectivity index (χ1v) is 9.39. The summed E-state index contributed by atoms with van der Waals surface area (Å²) in [5.41, 5.74) is -0.491. The second-order valence-electron chi connectivity index (χ2n) is 8.35. The zero-order valence-corrected chi connectivity index (χ0v) is 18.1. The topological polar surface area (TPSA) is 95.9 Å². The van der Waals surface area contributed by atoms with E-state index in [0.717, 1.165) is 0 Å². The van der Waals surface area contributed by atoms with Crippen molar-refractivity contribution in [2.24, 2.45) is 11.8 Å². The Morgan fingerprint density at radius 3 is 2.07 bits per heavy atom. The van der Waals surface area contributed by atoms with Gasteiger partial charge in [0.05, 0.1) is 6.04 Å². The number of nitrogens with one attached hydrogen (secondary N) is 1. The van der Waals surface area contributed by atoms with Crippen molar-refractivity contribution in [3.63, 3.8) is 0 Å². The average molecular weight is 385 g/mol. The predicted molar refractivity (Wildman–Crippen MR) is 105 cm³/mol. The maximum atomic E-state index is 13.1. The summed E-state index contributed by atoms with van der Waals surface area (Å²) in [6.45, 7) is 14.4. The van der Waals surface area contributed by atoms with Crippen molar-refractivity contribution in [1.82, 2.24) is 10.2 Å². The second-order valence-corrected chi connectivity index (χ2v) is 8.35. The van der Waals surface area contributed by atoms with Crippen molar-refractivity contribution < 1.29 is 24.2 Å². The number of hydrogen-bond acceptors (Lipinski definition) is 4. The van der Waals surface area contributed by atoms with Gasteiger partial charge in [0.15, 0.2) is 0 Å². The van der Waals surface area contributed by atoms with Crippen molar-refractivity contribution >= 4 is 18.0 Å². The number of alkyl carbamates (subject to hydrolysis) is 1. The second kappa shape index (κ2) is 10.3.